The Kier molecular flexibility index (Phi) is 5.16. The predicted octanol–water partition coefficient (Wildman–Crippen LogP) is 4.73. The molecule has 2 heterocycles. The predicted molar refractivity (Wildman–Crippen MR) is 109 cm³/mol. The van der Waals surface area contributed by atoms with Crippen molar-refractivity contribution in [3.63, 3.8) is 0 Å². The lowest BCUT2D eigenvalue weighted by Crippen LogP contribution is -2.18. The Morgan fingerprint density at radius 2 is 1.82 bits per heavy atom. The first kappa shape index (κ1) is 18.3. The molecule has 0 aliphatic heterocycles. The van der Waals surface area contributed by atoms with Gasteiger partial charge >= 0.3 is 0 Å². The topological polar surface area (TPSA) is 80.6 Å². The van der Waals surface area contributed by atoms with Gasteiger partial charge in [0.15, 0.2) is 5.76 Å². The standard InChI is InChI=1S/C21H20N2O4S/c1-26-14-10-8-13(9-11-14)22-20(25)18-15-5-2-3-7-17(15)28-21(18)23-19(24)16-6-4-12-27-16/h4,6,8-12H,2-3,5,7H2,1H3,(H,22,25)(H,23,24). The van der Waals surface area contributed by atoms with Crippen molar-refractivity contribution in [2.45, 2.75) is 25.7 Å². The number of methoxy groups -OCH3 is 1. The van der Waals surface area contributed by atoms with E-state index in [0.717, 1.165) is 37.0 Å². The quantitative estimate of drug-likeness (QED) is 0.653. The second kappa shape index (κ2) is 7.90. The molecule has 6 nitrogen and oxygen atoms in total. The molecule has 1 aliphatic carbocycles. The zero-order valence-corrected chi connectivity index (χ0v) is 16.2. The number of hydrogen-bond acceptors (Lipinski definition) is 5. The fraction of sp³-hybridized carbons (Fsp3) is 0.238. The second-order valence-corrected chi connectivity index (χ2v) is 7.63. The molecule has 0 saturated heterocycles. The minimum absolute atomic E-state index is 0.216. The van der Waals surface area contributed by atoms with E-state index in [1.165, 1.54) is 22.5 Å². The van der Waals surface area contributed by atoms with Gasteiger partial charge < -0.3 is 19.8 Å². The van der Waals surface area contributed by atoms with Crippen molar-refractivity contribution in [1.29, 1.82) is 0 Å². The average molecular weight is 396 g/mol. The maximum atomic E-state index is 13.1. The smallest absolute Gasteiger partial charge is 0.291 e. The molecule has 3 aromatic rings. The maximum Gasteiger partial charge on any atom is 0.291 e. The van der Waals surface area contributed by atoms with Crippen LogP contribution < -0.4 is 15.4 Å². The molecular formula is C21H20N2O4S. The van der Waals surface area contributed by atoms with E-state index in [-0.39, 0.29) is 17.6 Å². The molecule has 7 heteroatoms. The highest BCUT2D eigenvalue weighted by Gasteiger charge is 2.27. The number of benzene rings is 1. The Hall–Kier alpha value is -3.06. The normalized spacial score (nSPS) is 12.9. The van der Waals surface area contributed by atoms with E-state index in [1.54, 1.807) is 43.5 Å². The van der Waals surface area contributed by atoms with Crippen LogP contribution in [-0.4, -0.2) is 18.9 Å². The van der Waals surface area contributed by atoms with Crippen LogP contribution in [0.1, 0.15) is 44.2 Å². The third-order valence-corrected chi connectivity index (χ3v) is 5.93. The van der Waals surface area contributed by atoms with Crippen LogP contribution in [0.25, 0.3) is 0 Å². The third kappa shape index (κ3) is 3.66. The lowest BCUT2D eigenvalue weighted by molar-refractivity contribution is 0.0997. The van der Waals surface area contributed by atoms with Gasteiger partial charge in [-0.25, -0.2) is 0 Å². The molecule has 2 aromatic heterocycles. The van der Waals surface area contributed by atoms with Gasteiger partial charge in [-0.15, -0.1) is 11.3 Å². The summed E-state index contributed by atoms with van der Waals surface area (Å²) >= 11 is 1.48. The fourth-order valence-corrected chi connectivity index (χ4v) is 4.62. The van der Waals surface area contributed by atoms with Crippen molar-refractivity contribution < 1.29 is 18.7 Å². The monoisotopic (exact) mass is 396 g/mol. The molecule has 0 unspecified atom stereocenters. The number of carbonyl (C=O) groups excluding carboxylic acids is 2. The van der Waals surface area contributed by atoms with Gasteiger partial charge in [-0.2, -0.15) is 0 Å². The van der Waals surface area contributed by atoms with Crippen molar-refractivity contribution in [1.82, 2.24) is 0 Å². The third-order valence-electron chi connectivity index (χ3n) is 4.72. The number of furan rings is 1. The van der Waals surface area contributed by atoms with Crippen molar-refractivity contribution in [2.24, 2.45) is 0 Å². The van der Waals surface area contributed by atoms with E-state index in [1.807, 2.05) is 0 Å². The number of rotatable bonds is 5. The molecule has 1 aliphatic rings. The summed E-state index contributed by atoms with van der Waals surface area (Å²) in [4.78, 5) is 26.7. The zero-order chi connectivity index (χ0) is 19.5. The molecule has 2 N–H and O–H groups in total. The SMILES string of the molecule is COc1ccc(NC(=O)c2c(NC(=O)c3ccco3)sc3c2CCCC3)cc1. The molecule has 144 valence electrons. The van der Waals surface area contributed by atoms with E-state index in [0.29, 0.717) is 16.3 Å². The Labute approximate surface area is 166 Å². The summed E-state index contributed by atoms with van der Waals surface area (Å²) in [5.41, 5.74) is 2.26. The zero-order valence-electron chi connectivity index (χ0n) is 15.4. The number of fused-ring (bicyclic) bond motifs is 1. The molecule has 1 aromatic carbocycles. The van der Waals surface area contributed by atoms with E-state index >= 15 is 0 Å². The van der Waals surface area contributed by atoms with Gasteiger partial charge in [0, 0.05) is 10.6 Å². The Morgan fingerprint density at radius 3 is 2.54 bits per heavy atom. The largest absolute Gasteiger partial charge is 0.497 e. The van der Waals surface area contributed by atoms with E-state index in [9.17, 15) is 9.59 Å². The second-order valence-electron chi connectivity index (χ2n) is 6.53. The van der Waals surface area contributed by atoms with Crippen LogP contribution in [0.4, 0.5) is 10.7 Å². The van der Waals surface area contributed by atoms with Crippen molar-refractivity contribution in [3.05, 3.63) is 64.4 Å². The van der Waals surface area contributed by atoms with Gasteiger partial charge in [0.25, 0.3) is 11.8 Å². The first-order valence-corrected chi connectivity index (χ1v) is 9.92. The Balaban J connectivity index is 1.62. The Bertz CT molecular complexity index is 990. The summed E-state index contributed by atoms with van der Waals surface area (Å²) in [6.45, 7) is 0. The van der Waals surface area contributed by atoms with Crippen LogP contribution in [0.15, 0.2) is 47.1 Å². The van der Waals surface area contributed by atoms with Gasteiger partial charge in [0.1, 0.15) is 10.8 Å². The lowest BCUT2D eigenvalue weighted by atomic mass is 9.95. The van der Waals surface area contributed by atoms with Crippen molar-refractivity contribution >= 4 is 33.8 Å². The van der Waals surface area contributed by atoms with Gasteiger partial charge in [-0.1, -0.05) is 0 Å². The molecule has 0 bridgehead atoms. The van der Waals surface area contributed by atoms with Gasteiger partial charge in [0.2, 0.25) is 0 Å². The molecule has 0 fully saturated rings. The first-order valence-electron chi connectivity index (χ1n) is 9.10. The summed E-state index contributed by atoms with van der Waals surface area (Å²) in [6.07, 6.45) is 5.36. The number of amides is 2. The molecular weight excluding hydrogens is 376 g/mol. The summed E-state index contributed by atoms with van der Waals surface area (Å²) in [5, 5.41) is 6.36. The maximum absolute atomic E-state index is 13.1. The summed E-state index contributed by atoms with van der Waals surface area (Å²) in [5.74, 6) is 0.353. The number of aryl methyl sites for hydroxylation is 1. The van der Waals surface area contributed by atoms with Gasteiger partial charge in [-0.3, -0.25) is 9.59 Å². The molecule has 4 rings (SSSR count). The summed E-state index contributed by atoms with van der Waals surface area (Å²) < 4.78 is 10.3. The number of carbonyl (C=O) groups is 2. The molecule has 0 radical (unpaired) electrons. The average Bonchev–Trinajstić information content (AvgIpc) is 3.36. The van der Waals surface area contributed by atoms with Crippen LogP contribution in [0.3, 0.4) is 0 Å². The fourth-order valence-electron chi connectivity index (χ4n) is 3.33. The van der Waals surface area contributed by atoms with Crippen LogP contribution in [0, 0.1) is 0 Å². The number of anilines is 2. The number of ether oxygens (including phenoxy) is 1. The van der Waals surface area contributed by atoms with Gasteiger partial charge in [0.05, 0.1) is 18.9 Å². The Morgan fingerprint density at radius 1 is 1.04 bits per heavy atom. The molecule has 0 atom stereocenters. The minimum Gasteiger partial charge on any atom is -0.497 e. The van der Waals surface area contributed by atoms with Crippen LogP contribution in [0.5, 0.6) is 5.75 Å². The molecule has 2 amide bonds. The lowest BCUT2D eigenvalue weighted by Gasteiger charge is -2.13. The summed E-state index contributed by atoms with van der Waals surface area (Å²) in [6, 6.07) is 10.4. The van der Waals surface area contributed by atoms with Crippen LogP contribution in [-0.2, 0) is 12.8 Å². The highest BCUT2D eigenvalue weighted by molar-refractivity contribution is 7.17. The van der Waals surface area contributed by atoms with Crippen molar-refractivity contribution in [3.8, 4) is 5.75 Å². The number of nitrogens with one attached hydrogen (secondary N) is 2. The summed E-state index contributed by atoms with van der Waals surface area (Å²) in [7, 11) is 1.60. The van der Waals surface area contributed by atoms with Crippen molar-refractivity contribution in [2.75, 3.05) is 17.7 Å². The first-order chi connectivity index (χ1) is 13.7. The number of hydrogen-bond donors (Lipinski definition) is 2. The van der Waals surface area contributed by atoms with E-state index < -0.39 is 0 Å². The highest BCUT2D eigenvalue weighted by atomic mass is 32.1. The van der Waals surface area contributed by atoms with E-state index in [4.69, 9.17) is 9.15 Å². The van der Waals surface area contributed by atoms with E-state index in [2.05, 4.69) is 10.6 Å². The molecule has 0 saturated carbocycles. The van der Waals surface area contributed by atoms with Gasteiger partial charge in [-0.05, 0) is 67.6 Å². The highest BCUT2D eigenvalue weighted by Crippen LogP contribution is 2.38. The number of thiophene rings is 1. The molecule has 0 spiro atoms. The van der Waals surface area contributed by atoms with Crippen LogP contribution in [0.2, 0.25) is 0 Å². The van der Waals surface area contributed by atoms with Crippen LogP contribution >= 0.6 is 11.3 Å². The molecule has 28 heavy (non-hydrogen) atoms. The minimum atomic E-state index is -0.359.